The van der Waals surface area contributed by atoms with Crippen LogP contribution in [-0.2, 0) is 5.41 Å². The van der Waals surface area contributed by atoms with Crippen molar-refractivity contribution in [2.24, 2.45) is 0 Å². The summed E-state index contributed by atoms with van der Waals surface area (Å²) in [6.45, 7) is 4.70. The summed E-state index contributed by atoms with van der Waals surface area (Å²) in [5, 5.41) is 2.50. The van der Waals surface area contributed by atoms with Crippen molar-refractivity contribution < 1.29 is 4.74 Å². The molecule has 0 radical (unpaired) electrons. The van der Waals surface area contributed by atoms with E-state index in [1.54, 1.807) is 0 Å². The number of benzene rings is 8. The lowest BCUT2D eigenvalue weighted by atomic mass is 9.72. The first kappa shape index (κ1) is 30.3. The maximum Gasteiger partial charge on any atom is 0.151 e. The summed E-state index contributed by atoms with van der Waals surface area (Å²) >= 11 is 0. The number of ether oxygens (including phenoxy) is 1. The number of para-hydroxylation sites is 3. The van der Waals surface area contributed by atoms with E-state index < -0.39 is 0 Å². The molecule has 0 aliphatic carbocycles. The molecule has 0 aromatic heterocycles. The van der Waals surface area contributed by atoms with Crippen LogP contribution in [0.2, 0.25) is 0 Å². The Kier molecular flexibility index (Phi) is 6.84. The lowest BCUT2D eigenvalue weighted by Crippen LogP contribution is -2.33. The highest BCUT2D eigenvalue weighted by Gasteiger charge is 2.43. The highest BCUT2D eigenvalue weighted by atomic mass is 16.5. The first-order valence-corrected chi connectivity index (χ1v) is 17.9. The first-order valence-electron chi connectivity index (χ1n) is 17.9. The van der Waals surface area contributed by atoms with Gasteiger partial charge in [0.1, 0.15) is 0 Å². The van der Waals surface area contributed by atoms with Crippen molar-refractivity contribution in [3.05, 3.63) is 193 Å². The molecule has 248 valence electrons. The first-order chi connectivity index (χ1) is 25.6. The van der Waals surface area contributed by atoms with Crippen molar-refractivity contribution in [2.75, 3.05) is 9.80 Å². The van der Waals surface area contributed by atoms with Gasteiger partial charge in [0, 0.05) is 22.4 Å². The van der Waals surface area contributed by atoms with Gasteiger partial charge in [-0.1, -0.05) is 141 Å². The zero-order valence-corrected chi connectivity index (χ0v) is 29.1. The molecular weight excluding hydrogens is 633 g/mol. The fourth-order valence-electron chi connectivity index (χ4n) is 8.36. The van der Waals surface area contributed by atoms with Crippen LogP contribution in [0.25, 0.3) is 33.0 Å². The van der Waals surface area contributed by atoms with Gasteiger partial charge < -0.3 is 14.5 Å². The van der Waals surface area contributed by atoms with Gasteiger partial charge in [-0.2, -0.15) is 0 Å². The molecule has 3 heteroatoms. The largest absolute Gasteiger partial charge is 0.453 e. The van der Waals surface area contributed by atoms with E-state index in [9.17, 15) is 0 Å². The molecule has 8 aromatic rings. The predicted octanol–water partition coefficient (Wildman–Crippen LogP) is 13.9. The van der Waals surface area contributed by atoms with Gasteiger partial charge in [0.05, 0.1) is 22.7 Å². The number of anilines is 6. The molecule has 0 fully saturated rings. The minimum absolute atomic E-state index is 0.339. The molecule has 0 N–H and O–H groups in total. The quantitative estimate of drug-likeness (QED) is 0.182. The van der Waals surface area contributed by atoms with Crippen LogP contribution in [0.1, 0.15) is 25.0 Å². The van der Waals surface area contributed by atoms with Crippen molar-refractivity contribution in [3.8, 4) is 33.8 Å². The lowest BCUT2D eigenvalue weighted by Gasteiger charge is -2.46. The Bertz CT molecular complexity index is 2620. The molecule has 10 rings (SSSR count). The van der Waals surface area contributed by atoms with Crippen LogP contribution in [0.5, 0.6) is 11.5 Å². The minimum Gasteiger partial charge on any atom is -0.453 e. The predicted molar refractivity (Wildman–Crippen MR) is 216 cm³/mol. The molecule has 0 unspecified atom stereocenters. The standard InChI is InChI=1S/C49H36N2O/c1-49(2)41-19-11-24-46-48(41)51(42-20-8-9-23-45(42)52-46)44-22-12-21-43(47(44)49)50(37-29-25-34(26-30-37)33-13-4-3-5-14-33)38-31-27-36(28-32-38)40-18-10-16-35-15-6-7-17-39(35)40/h3-32H,1-2H3. The van der Waals surface area contributed by atoms with Crippen LogP contribution >= 0.6 is 0 Å². The van der Waals surface area contributed by atoms with Crippen LogP contribution in [0.3, 0.4) is 0 Å². The summed E-state index contributed by atoms with van der Waals surface area (Å²) in [6, 6.07) is 65.4. The highest BCUT2D eigenvalue weighted by Crippen LogP contribution is 2.61. The van der Waals surface area contributed by atoms with Crippen molar-refractivity contribution >= 4 is 44.9 Å². The fraction of sp³-hybridized carbons (Fsp3) is 0.0612. The summed E-state index contributed by atoms with van der Waals surface area (Å²) in [5.74, 6) is 1.75. The van der Waals surface area contributed by atoms with Gasteiger partial charge in [0.2, 0.25) is 0 Å². The van der Waals surface area contributed by atoms with E-state index in [1.165, 1.54) is 44.2 Å². The van der Waals surface area contributed by atoms with E-state index in [-0.39, 0.29) is 5.41 Å². The Balaban J connectivity index is 1.18. The second-order valence-corrected chi connectivity index (χ2v) is 14.2. The van der Waals surface area contributed by atoms with Gasteiger partial charge in [0.15, 0.2) is 11.5 Å². The normalized spacial score (nSPS) is 13.5. The summed E-state index contributed by atoms with van der Waals surface area (Å²) < 4.78 is 6.52. The van der Waals surface area contributed by atoms with E-state index in [2.05, 4.69) is 200 Å². The fourth-order valence-corrected chi connectivity index (χ4v) is 8.36. The van der Waals surface area contributed by atoms with Crippen molar-refractivity contribution in [1.82, 2.24) is 0 Å². The van der Waals surface area contributed by atoms with Crippen LogP contribution in [-0.4, -0.2) is 0 Å². The maximum atomic E-state index is 6.52. The third-order valence-electron chi connectivity index (χ3n) is 10.8. The molecule has 52 heavy (non-hydrogen) atoms. The summed E-state index contributed by atoms with van der Waals surface area (Å²) in [5.41, 5.74) is 13.7. The number of rotatable bonds is 5. The monoisotopic (exact) mass is 668 g/mol. The Morgan fingerprint density at radius 1 is 0.481 bits per heavy atom. The van der Waals surface area contributed by atoms with E-state index in [0.29, 0.717) is 0 Å². The molecule has 0 amide bonds. The third kappa shape index (κ3) is 4.66. The Morgan fingerprint density at radius 2 is 1.08 bits per heavy atom. The van der Waals surface area contributed by atoms with Crippen molar-refractivity contribution in [1.29, 1.82) is 0 Å². The van der Waals surface area contributed by atoms with E-state index in [0.717, 1.165) is 45.6 Å². The van der Waals surface area contributed by atoms with Crippen LogP contribution in [0, 0.1) is 0 Å². The molecule has 3 nitrogen and oxygen atoms in total. The Hall–Kier alpha value is -6.58. The molecule has 2 heterocycles. The van der Waals surface area contributed by atoms with Crippen LogP contribution in [0.15, 0.2) is 182 Å². The van der Waals surface area contributed by atoms with Crippen LogP contribution < -0.4 is 14.5 Å². The van der Waals surface area contributed by atoms with Crippen molar-refractivity contribution in [3.63, 3.8) is 0 Å². The molecule has 8 aromatic carbocycles. The number of hydrogen-bond donors (Lipinski definition) is 0. The smallest absolute Gasteiger partial charge is 0.151 e. The second-order valence-electron chi connectivity index (χ2n) is 14.2. The molecule has 0 saturated heterocycles. The maximum absolute atomic E-state index is 6.52. The zero-order chi connectivity index (χ0) is 34.8. The van der Waals surface area contributed by atoms with Crippen molar-refractivity contribution in [2.45, 2.75) is 19.3 Å². The van der Waals surface area contributed by atoms with Gasteiger partial charge in [-0.05, 0) is 93.2 Å². The minimum atomic E-state index is -0.339. The zero-order valence-electron chi connectivity index (χ0n) is 29.1. The average molecular weight is 669 g/mol. The summed E-state index contributed by atoms with van der Waals surface area (Å²) in [4.78, 5) is 4.84. The molecule has 0 atom stereocenters. The third-order valence-corrected chi connectivity index (χ3v) is 10.8. The molecule has 2 aliphatic rings. The van der Waals surface area contributed by atoms with Gasteiger partial charge in [0.25, 0.3) is 0 Å². The van der Waals surface area contributed by atoms with Gasteiger partial charge in [-0.15, -0.1) is 0 Å². The van der Waals surface area contributed by atoms with Crippen LogP contribution in [0.4, 0.5) is 34.1 Å². The molecule has 0 saturated carbocycles. The van der Waals surface area contributed by atoms with Gasteiger partial charge in [-0.25, -0.2) is 0 Å². The van der Waals surface area contributed by atoms with E-state index in [4.69, 9.17) is 4.74 Å². The van der Waals surface area contributed by atoms with Gasteiger partial charge >= 0.3 is 0 Å². The summed E-state index contributed by atoms with van der Waals surface area (Å²) in [6.07, 6.45) is 0. The Morgan fingerprint density at radius 3 is 1.88 bits per heavy atom. The van der Waals surface area contributed by atoms with Gasteiger partial charge in [-0.3, -0.25) is 0 Å². The van der Waals surface area contributed by atoms with E-state index in [1.807, 2.05) is 6.07 Å². The second kappa shape index (κ2) is 11.8. The number of nitrogens with zero attached hydrogens (tertiary/aromatic N) is 2. The summed E-state index contributed by atoms with van der Waals surface area (Å²) in [7, 11) is 0. The average Bonchev–Trinajstić information content (AvgIpc) is 3.20. The Labute approximate surface area is 304 Å². The molecule has 0 bridgehead atoms. The topological polar surface area (TPSA) is 15.7 Å². The number of fused-ring (bicyclic) bond motifs is 5. The molecular formula is C49H36N2O. The van der Waals surface area contributed by atoms with E-state index >= 15 is 0 Å². The lowest BCUT2D eigenvalue weighted by molar-refractivity contribution is 0.471. The number of hydrogen-bond acceptors (Lipinski definition) is 3. The SMILES string of the molecule is CC1(C)c2cccc3c2N(c2ccccc2O3)c2cccc(N(c3ccc(-c4ccccc4)cc3)c3ccc(-c4cccc5ccccc45)cc3)c21. The molecule has 0 spiro atoms. The highest BCUT2D eigenvalue weighted by molar-refractivity contribution is 5.98. The molecule has 2 aliphatic heterocycles.